The number of hydrogen-bond acceptors (Lipinski definition) is 2. The second kappa shape index (κ2) is 6.26. The molecule has 2 rings (SSSR count). The van der Waals surface area contributed by atoms with E-state index in [1.165, 1.54) is 0 Å². The van der Waals surface area contributed by atoms with Gasteiger partial charge in [0.2, 0.25) is 0 Å². The Labute approximate surface area is 131 Å². The number of carbonyl (C=O) groups is 1. The molecule has 1 radical (unpaired) electrons. The molecule has 5 heteroatoms. The molecule has 1 aromatic heterocycles. The molecule has 4 nitrogen and oxygen atoms in total. The summed E-state index contributed by atoms with van der Waals surface area (Å²) in [5, 5.41) is 2.77. The van der Waals surface area contributed by atoms with Crippen molar-refractivity contribution in [3.8, 4) is 0 Å². The zero-order chi connectivity index (χ0) is 15.6. The smallest absolute Gasteiger partial charge is 0.253 e. The average Bonchev–Trinajstić information content (AvgIpc) is 2.40. The SMILES string of the molecule is Cc1cc(C)c(CNC(=O)c2[c]c(Br)ccc2C)c(=O)[nH]1. The van der Waals surface area contributed by atoms with Crippen LogP contribution in [0.1, 0.15) is 32.7 Å². The van der Waals surface area contributed by atoms with Crippen LogP contribution in [-0.2, 0) is 6.54 Å². The molecule has 0 aliphatic heterocycles. The van der Waals surface area contributed by atoms with Crippen LogP contribution < -0.4 is 10.9 Å². The summed E-state index contributed by atoms with van der Waals surface area (Å²) in [4.78, 5) is 26.9. The summed E-state index contributed by atoms with van der Waals surface area (Å²) in [5.41, 5.74) is 3.40. The number of hydrogen-bond donors (Lipinski definition) is 2. The lowest BCUT2D eigenvalue weighted by Gasteiger charge is -2.09. The first kappa shape index (κ1) is 15.5. The lowest BCUT2D eigenvalue weighted by Crippen LogP contribution is -2.28. The van der Waals surface area contributed by atoms with Gasteiger partial charge in [0.1, 0.15) is 0 Å². The van der Waals surface area contributed by atoms with E-state index in [2.05, 4.69) is 32.3 Å². The molecule has 109 valence electrons. The molecule has 1 aromatic carbocycles. The number of pyridine rings is 1. The van der Waals surface area contributed by atoms with Crippen LogP contribution in [0.5, 0.6) is 0 Å². The maximum Gasteiger partial charge on any atom is 0.253 e. The number of aromatic nitrogens is 1. The number of halogens is 1. The molecule has 2 aromatic rings. The van der Waals surface area contributed by atoms with Gasteiger partial charge in [-0.15, -0.1) is 0 Å². The number of rotatable bonds is 3. The largest absolute Gasteiger partial charge is 0.348 e. The zero-order valence-corrected chi connectivity index (χ0v) is 13.7. The van der Waals surface area contributed by atoms with Gasteiger partial charge in [0.15, 0.2) is 0 Å². The Morgan fingerprint density at radius 2 is 2.00 bits per heavy atom. The monoisotopic (exact) mass is 347 g/mol. The highest BCUT2D eigenvalue weighted by atomic mass is 79.9. The standard InChI is InChI=1S/C16H16BrN2O2/c1-9-4-5-12(17)7-13(9)15(20)18-8-14-10(2)6-11(3)19-16(14)21/h4-6H,8H2,1-3H3,(H,18,20)(H,19,21). The normalized spacial score (nSPS) is 10.5. The van der Waals surface area contributed by atoms with E-state index in [1.54, 1.807) is 0 Å². The Balaban J connectivity index is 2.19. The highest BCUT2D eigenvalue weighted by molar-refractivity contribution is 9.10. The molecule has 0 bridgehead atoms. The zero-order valence-electron chi connectivity index (χ0n) is 12.1. The summed E-state index contributed by atoms with van der Waals surface area (Å²) in [6.45, 7) is 5.73. The van der Waals surface area contributed by atoms with E-state index in [0.717, 1.165) is 21.3 Å². The number of benzene rings is 1. The first-order valence-corrected chi connectivity index (χ1v) is 7.34. The van der Waals surface area contributed by atoms with Crippen LogP contribution in [0.15, 0.2) is 27.5 Å². The fourth-order valence-electron chi connectivity index (χ4n) is 2.14. The van der Waals surface area contributed by atoms with Crippen LogP contribution in [0, 0.1) is 26.8 Å². The van der Waals surface area contributed by atoms with Crippen LogP contribution >= 0.6 is 15.9 Å². The Bertz CT molecular complexity index is 750. The summed E-state index contributed by atoms with van der Waals surface area (Å²) >= 11 is 3.30. The molecule has 21 heavy (non-hydrogen) atoms. The molecule has 0 aliphatic rings. The van der Waals surface area contributed by atoms with Crippen LogP contribution in [0.4, 0.5) is 0 Å². The van der Waals surface area contributed by atoms with Gasteiger partial charge in [0.05, 0.1) is 5.56 Å². The predicted molar refractivity (Wildman–Crippen MR) is 85.4 cm³/mol. The minimum Gasteiger partial charge on any atom is -0.348 e. The van der Waals surface area contributed by atoms with Gasteiger partial charge in [0, 0.05) is 28.3 Å². The van der Waals surface area contributed by atoms with Gasteiger partial charge in [-0.3, -0.25) is 9.59 Å². The summed E-state index contributed by atoms with van der Waals surface area (Å²) < 4.78 is 0.725. The van der Waals surface area contributed by atoms with Gasteiger partial charge < -0.3 is 10.3 Å². The predicted octanol–water partition coefficient (Wildman–Crippen LogP) is 2.79. The third kappa shape index (κ3) is 3.61. The molecule has 2 N–H and O–H groups in total. The Morgan fingerprint density at radius 3 is 2.67 bits per heavy atom. The van der Waals surface area contributed by atoms with E-state index in [0.29, 0.717) is 11.1 Å². The molecule has 1 amide bonds. The van der Waals surface area contributed by atoms with Crippen molar-refractivity contribution in [3.63, 3.8) is 0 Å². The minimum absolute atomic E-state index is 0.164. The minimum atomic E-state index is -0.242. The molecular formula is C16H16BrN2O2. The topological polar surface area (TPSA) is 62.0 Å². The number of H-pyrrole nitrogens is 1. The van der Waals surface area contributed by atoms with E-state index in [4.69, 9.17) is 0 Å². The quantitative estimate of drug-likeness (QED) is 0.896. The Hall–Kier alpha value is -1.88. The third-order valence-corrected chi connectivity index (χ3v) is 3.73. The van der Waals surface area contributed by atoms with Crippen molar-refractivity contribution in [2.75, 3.05) is 0 Å². The van der Waals surface area contributed by atoms with Gasteiger partial charge in [-0.05, 0) is 44.0 Å². The molecule has 1 heterocycles. The van der Waals surface area contributed by atoms with E-state index in [9.17, 15) is 9.59 Å². The molecular weight excluding hydrogens is 332 g/mol. The summed E-state index contributed by atoms with van der Waals surface area (Å²) in [7, 11) is 0. The third-order valence-electron chi connectivity index (χ3n) is 3.27. The lowest BCUT2D eigenvalue weighted by atomic mass is 10.1. The second-order valence-corrected chi connectivity index (χ2v) is 5.84. The van der Waals surface area contributed by atoms with Crippen molar-refractivity contribution in [2.24, 2.45) is 0 Å². The summed E-state index contributed by atoms with van der Waals surface area (Å²) in [6, 6.07) is 8.54. The molecule has 0 fully saturated rings. The van der Waals surface area contributed by atoms with Crippen molar-refractivity contribution in [3.05, 3.63) is 67.0 Å². The first-order valence-electron chi connectivity index (χ1n) is 6.54. The van der Waals surface area contributed by atoms with Crippen molar-refractivity contribution in [1.29, 1.82) is 0 Å². The number of carbonyl (C=O) groups excluding carboxylic acids is 1. The van der Waals surface area contributed by atoms with Gasteiger partial charge in [0.25, 0.3) is 11.5 Å². The number of aromatic amines is 1. The number of nitrogens with one attached hydrogen (secondary N) is 2. The van der Waals surface area contributed by atoms with Crippen molar-refractivity contribution >= 4 is 21.8 Å². The maximum absolute atomic E-state index is 12.2. The highest BCUT2D eigenvalue weighted by Gasteiger charge is 2.12. The van der Waals surface area contributed by atoms with Gasteiger partial charge >= 0.3 is 0 Å². The molecule has 0 saturated heterocycles. The maximum atomic E-state index is 12.2. The lowest BCUT2D eigenvalue weighted by molar-refractivity contribution is 0.0950. The second-order valence-electron chi connectivity index (χ2n) is 4.99. The Morgan fingerprint density at radius 1 is 1.29 bits per heavy atom. The van der Waals surface area contributed by atoms with Crippen LogP contribution in [0.3, 0.4) is 0 Å². The molecule has 0 aliphatic carbocycles. The molecule has 0 saturated carbocycles. The van der Waals surface area contributed by atoms with Gasteiger partial charge in [-0.25, -0.2) is 0 Å². The van der Waals surface area contributed by atoms with Crippen LogP contribution in [0.2, 0.25) is 0 Å². The van der Waals surface area contributed by atoms with E-state index < -0.39 is 0 Å². The Kier molecular flexibility index (Phi) is 4.63. The van der Waals surface area contributed by atoms with Gasteiger partial charge in [-0.2, -0.15) is 0 Å². The fraction of sp³-hybridized carbons (Fsp3) is 0.250. The fourth-order valence-corrected chi connectivity index (χ4v) is 2.47. The summed E-state index contributed by atoms with van der Waals surface area (Å²) in [6.07, 6.45) is 0. The molecule has 0 unspecified atom stereocenters. The molecule has 0 atom stereocenters. The van der Waals surface area contributed by atoms with E-state index in [-0.39, 0.29) is 18.0 Å². The number of amides is 1. The van der Waals surface area contributed by atoms with Crippen LogP contribution in [0.25, 0.3) is 0 Å². The first-order chi connectivity index (χ1) is 9.88. The summed E-state index contributed by atoms with van der Waals surface area (Å²) in [5.74, 6) is -0.242. The highest BCUT2D eigenvalue weighted by Crippen LogP contribution is 2.15. The van der Waals surface area contributed by atoms with Crippen molar-refractivity contribution in [2.45, 2.75) is 27.3 Å². The van der Waals surface area contributed by atoms with Crippen LogP contribution in [-0.4, -0.2) is 10.9 Å². The molecule has 0 spiro atoms. The average molecular weight is 348 g/mol. The van der Waals surface area contributed by atoms with E-state index in [1.807, 2.05) is 39.0 Å². The van der Waals surface area contributed by atoms with Crippen molar-refractivity contribution < 1.29 is 4.79 Å². The van der Waals surface area contributed by atoms with Crippen molar-refractivity contribution in [1.82, 2.24) is 10.3 Å². The number of aryl methyl sites for hydroxylation is 3. The van der Waals surface area contributed by atoms with Gasteiger partial charge in [-0.1, -0.05) is 22.0 Å². The van der Waals surface area contributed by atoms with E-state index >= 15 is 0 Å².